The zero-order valence-corrected chi connectivity index (χ0v) is 18.7. The van der Waals surface area contributed by atoms with Crippen molar-refractivity contribution in [1.82, 2.24) is 19.6 Å². The third-order valence-electron chi connectivity index (χ3n) is 5.84. The molecular weight excluding hydrogens is 434 g/mol. The van der Waals surface area contributed by atoms with Gasteiger partial charge >= 0.3 is 0 Å². The number of allylic oxidation sites excluding steroid dienone is 5. The second-order valence-corrected chi connectivity index (χ2v) is 9.25. The summed E-state index contributed by atoms with van der Waals surface area (Å²) in [5.41, 5.74) is 5.76. The normalized spacial score (nSPS) is 22.2. The number of ether oxygens (including phenoxy) is 1. The number of fused-ring (bicyclic) bond motifs is 2. The first-order valence-corrected chi connectivity index (χ1v) is 11.9. The van der Waals surface area contributed by atoms with E-state index in [4.69, 9.17) is 14.8 Å². The van der Waals surface area contributed by atoms with Gasteiger partial charge in [-0.05, 0) is 12.1 Å². The minimum atomic E-state index is 0.447. The highest BCUT2D eigenvalue weighted by molar-refractivity contribution is 8.04. The monoisotopic (exact) mass is 457 g/mol. The Balaban J connectivity index is 1.30. The van der Waals surface area contributed by atoms with Crippen LogP contribution in [0.2, 0.25) is 0 Å². The molecule has 2 unspecified atom stereocenters. The van der Waals surface area contributed by atoms with Gasteiger partial charge in [0.25, 0.3) is 0 Å². The molecule has 8 nitrogen and oxygen atoms in total. The predicted octanol–water partition coefficient (Wildman–Crippen LogP) is 3.77. The van der Waals surface area contributed by atoms with E-state index in [-0.39, 0.29) is 0 Å². The lowest BCUT2D eigenvalue weighted by molar-refractivity contribution is 0.122. The van der Waals surface area contributed by atoms with Gasteiger partial charge in [0.1, 0.15) is 5.82 Å². The van der Waals surface area contributed by atoms with Crippen LogP contribution in [0.25, 0.3) is 16.9 Å². The summed E-state index contributed by atoms with van der Waals surface area (Å²) in [6.45, 7) is 3.00. The number of hydrogen-bond donors (Lipinski definition) is 1. The quantitative estimate of drug-likeness (QED) is 0.461. The number of nitrogens with one attached hydrogen (secondary N) is 1. The summed E-state index contributed by atoms with van der Waals surface area (Å²) in [5, 5.41) is 9.79. The zero-order chi connectivity index (χ0) is 22.0. The molecule has 0 aromatic carbocycles. The second kappa shape index (κ2) is 8.84. The van der Waals surface area contributed by atoms with Gasteiger partial charge in [-0.1, -0.05) is 30.4 Å². The Labute approximate surface area is 195 Å². The molecule has 0 radical (unpaired) electrons. The number of hydrazone groups is 1. The van der Waals surface area contributed by atoms with E-state index in [0.29, 0.717) is 30.2 Å². The zero-order valence-electron chi connectivity index (χ0n) is 17.9. The van der Waals surface area contributed by atoms with Gasteiger partial charge in [-0.3, -0.25) is 10.4 Å². The molecule has 1 N–H and O–H groups in total. The number of nitrogens with zero attached hydrogens (tertiary/aromatic N) is 6. The molecule has 0 bridgehead atoms. The molecule has 1 aliphatic carbocycles. The van der Waals surface area contributed by atoms with E-state index >= 15 is 0 Å². The lowest BCUT2D eigenvalue weighted by Gasteiger charge is -2.29. The molecule has 3 aromatic heterocycles. The van der Waals surface area contributed by atoms with Crippen molar-refractivity contribution in [2.24, 2.45) is 11.0 Å². The van der Waals surface area contributed by atoms with E-state index in [2.05, 4.69) is 50.8 Å². The number of aromatic nitrogens is 4. The van der Waals surface area contributed by atoms with E-state index in [0.717, 1.165) is 40.7 Å². The summed E-state index contributed by atoms with van der Waals surface area (Å²) in [7, 11) is 0. The van der Waals surface area contributed by atoms with E-state index < -0.39 is 0 Å². The van der Waals surface area contributed by atoms with Crippen molar-refractivity contribution in [2.75, 3.05) is 36.6 Å². The first kappa shape index (κ1) is 20.2. The van der Waals surface area contributed by atoms with Crippen molar-refractivity contribution in [3.63, 3.8) is 0 Å². The lowest BCUT2D eigenvalue weighted by atomic mass is 10.0. The van der Waals surface area contributed by atoms with Gasteiger partial charge in [0.05, 0.1) is 25.1 Å². The van der Waals surface area contributed by atoms with E-state index in [1.165, 1.54) is 0 Å². The Hall–Kier alpha value is -3.43. The van der Waals surface area contributed by atoms with Gasteiger partial charge < -0.3 is 9.64 Å². The molecule has 5 heterocycles. The van der Waals surface area contributed by atoms with E-state index in [9.17, 15) is 0 Å². The average Bonchev–Trinajstić information content (AvgIpc) is 3.48. The molecule has 0 saturated carbocycles. The maximum Gasteiger partial charge on any atom is 0.160 e. The number of thioether (sulfide) groups is 1. The van der Waals surface area contributed by atoms with Gasteiger partial charge in [0.15, 0.2) is 11.5 Å². The van der Waals surface area contributed by atoms with Gasteiger partial charge in [-0.2, -0.15) is 14.7 Å². The molecule has 0 spiro atoms. The predicted molar refractivity (Wildman–Crippen MR) is 133 cm³/mol. The van der Waals surface area contributed by atoms with Crippen LogP contribution in [0.3, 0.4) is 0 Å². The number of rotatable bonds is 5. The summed E-state index contributed by atoms with van der Waals surface area (Å²) in [4.78, 5) is 12.3. The molecule has 3 aliphatic rings. The second-order valence-electron chi connectivity index (χ2n) is 8.00. The van der Waals surface area contributed by atoms with Crippen LogP contribution in [0.4, 0.5) is 11.6 Å². The highest BCUT2D eigenvalue weighted by Gasteiger charge is 2.25. The Kier molecular flexibility index (Phi) is 5.41. The number of anilines is 2. The molecule has 1 saturated heterocycles. The SMILES string of the molecule is C1=CC2C=C(/C=N/Nc3cc(N4CCOCC4)n4nc(-c5ccncc5)cc4n3)SC2C=C1. The summed E-state index contributed by atoms with van der Waals surface area (Å²) in [5.74, 6) is 2.10. The molecule has 33 heavy (non-hydrogen) atoms. The lowest BCUT2D eigenvalue weighted by Crippen LogP contribution is -2.37. The van der Waals surface area contributed by atoms with Gasteiger partial charge in [-0.25, -0.2) is 4.98 Å². The maximum absolute atomic E-state index is 5.55. The molecule has 9 heteroatoms. The molecule has 6 rings (SSSR count). The maximum atomic E-state index is 5.55. The smallest absolute Gasteiger partial charge is 0.160 e. The topological polar surface area (TPSA) is 79.9 Å². The van der Waals surface area contributed by atoms with Crippen LogP contribution >= 0.6 is 11.8 Å². The van der Waals surface area contributed by atoms with Gasteiger partial charge in [0.2, 0.25) is 0 Å². The van der Waals surface area contributed by atoms with Crippen molar-refractivity contribution in [3.8, 4) is 11.3 Å². The Morgan fingerprint density at radius 2 is 1.97 bits per heavy atom. The Morgan fingerprint density at radius 3 is 2.82 bits per heavy atom. The van der Waals surface area contributed by atoms with Crippen molar-refractivity contribution in [2.45, 2.75) is 5.25 Å². The average molecular weight is 458 g/mol. The van der Waals surface area contributed by atoms with E-state index in [1.807, 2.05) is 46.8 Å². The molecular formula is C24H23N7OS. The number of morpholine rings is 1. The fraction of sp³-hybridized carbons (Fsp3) is 0.250. The Bertz CT molecular complexity index is 1270. The van der Waals surface area contributed by atoms with Gasteiger partial charge in [-0.15, -0.1) is 11.8 Å². The van der Waals surface area contributed by atoms with Gasteiger partial charge in [0, 0.05) is 59.3 Å². The standard InChI is InChI=1S/C24H23N7OS/c1-2-4-21-18(3-1)13-19(33-21)16-26-28-22-15-24(30-9-11-32-12-10-30)31-23(27-22)14-20(29-31)17-5-7-25-8-6-17/h1-8,13-16,18,21H,9-12H2,(H,27,28)/b26-16+. The summed E-state index contributed by atoms with van der Waals surface area (Å²) in [6.07, 6.45) is 16.4. The fourth-order valence-corrected chi connectivity index (χ4v) is 5.35. The van der Waals surface area contributed by atoms with Crippen molar-refractivity contribution in [1.29, 1.82) is 0 Å². The van der Waals surface area contributed by atoms with Crippen molar-refractivity contribution >= 4 is 35.3 Å². The molecule has 2 atom stereocenters. The first-order chi connectivity index (χ1) is 16.3. The van der Waals surface area contributed by atoms with Crippen LogP contribution in [0.1, 0.15) is 0 Å². The van der Waals surface area contributed by atoms with Crippen LogP contribution in [0, 0.1) is 5.92 Å². The number of pyridine rings is 1. The fourth-order valence-electron chi connectivity index (χ4n) is 4.19. The first-order valence-electron chi connectivity index (χ1n) is 11.0. The molecule has 1 fully saturated rings. The van der Waals surface area contributed by atoms with Crippen molar-refractivity contribution < 1.29 is 4.74 Å². The van der Waals surface area contributed by atoms with Crippen LogP contribution < -0.4 is 10.3 Å². The Morgan fingerprint density at radius 1 is 1.12 bits per heavy atom. The van der Waals surface area contributed by atoms with Crippen LogP contribution in [-0.4, -0.2) is 57.3 Å². The summed E-state index contributed by atoms with van der Waals surface area (Å²) >= 11 is 1.83. The summed E-state index contributed by atoms with van der Waals surface area (Å²) in [6, 6.07) is 7.90. The van der Waals surface area contributed by atoms with Crippen molar-refractivity contribution in [3.05, 3.63) is 71.9 Å². The molecule has 2 aliphatic heterocycles. The van der Waals surface area contributed by atoms with Crippen LogP contribution in [0.5, 0.6) is 0 Å². The van der Waals surface area contributed by atoms with Crippen LogP contribution in [-0.2, 0) is 4.74 Å². The number of hydrogen-bond acceptors (Lipinski definition) is 8. The highest BCUT2D eigenvalue weighted by Crippen LogP contribution is 2.38. The van der Waals surface area contributed by atoms with Crippen LogP contribution in [0.15, 0.2) is 77.0 Å². The minimum Gasteiger partial charge on any atom is -0.378 e. The summed E-state index contributed by atoms with van der Waals surface area (Å²) < 4.78 is 7.45. The minimum absolute atomic E-state index is 0.447. The highest BCUT2D eigenvalue weighted by atomic mass is 32.2. The third kappa shape index (κ3) is 4.17. The third-order valence-corrected chi connectivity index (χ3v) is 7.10. The largest absolute Gasteiger partial charge is 0.378 e. The molecule has 3 aromatic rings. The molecule has 0 amide bonds. The van der Waals surface area contributed by atoms with E-state index in [1.54, 1.807) is 12.4 Å². The molecule has 166 valence electrons.